The lowest BCUT2D eigenvalue weighted by Crippen LogP contribution is -2.08. The predicted molar refractivity (Wildman–Crippen MR) is 52.2 cm³/mol. The zero-order valence-corrected chi connectivity index (χ0v) is 8.39. The second-order valence-corrected chi connectivity index (χ2v) is 4.90. The molecule has 1 heteroatoms. The first-order valence-corrected chi connectivity index (χ1v) is 4.72. The highest BCUT2D eigenvalue weighted by Crippen LogP contribution is 2.63. The molecule has 0 bridgehead atoms. The Morgan fingerprint density at radius 2 is 1.54 bits per heavy atom. The van der Waals surface area contributed by atoms with E-state index in [1.807, 2.05) is 12.1 Å². The van der Waals surface area contributed by atoms with Gasteiger partial charge in [-0.3, -0.25) is 0 Å². The van der Waals surface area contributed by atoms with Gasteiger partial charge >= 0.3 is 0 Å². The molecule has 0 spiro atoms. The van der Waals surface area contributed by atoms with Crippen LogP contribution in [-0.4, -0.2) is 0 Å². The van der Waals surface area contributed by atoms with Gasteiger partial charge in [0.2, 0.25) is 0 Å². The molecule has 1 aliphatic rings. The van der Waals surface area contributed by atoms with Crippen LogP contribution >= 0.6 is 0 Å². The molecule has 1 aliphatic carbocycles. The Hall–Kier alpha value is -0.850. The summed E-state index contributed by atoms with van der Waals surface area (Å²) in [6.45, 7) is 6.77. The molecule has 0 heterocycles. The summed E-state index contributed by atoms with van der Waals surface area (Å²) in [5.74, 6) is -0.147. The molecule has 0 aromatic heterocycles. The third kappa shape index (κ3) is 1.18. The van der Waals surface area contributed by atoms with Crippen molar-refractivity contribution in [2.45, 2.75) is 32.6 Å². The Bertz CT molecular complexity index is 323. The van der Waals surface area contributed by atoms with Crippen LogP contribution in [0.3, 0.4) is 0 Å². The van der Waals surface area contributed by atoms with Crippen LogP contribution in [0.15, 0.2) is 24.3 Å². The van der Waals surface area contributed by atoms with Crippen LogP contribution < -0.4 is 0 Å². The first kappa shape index (κ1) is 8.74. The molecule has 70 valence electrons. The fraction of sp³-hybridized carbons (Fsp3) is 0.500. The van der Waals surface area contributed by atoms with Gasteiger partial charge in [0.1, 0.15) is 5.82 Å². The highest BCUT2D eigenvalue weighted by molar-refractivity contribution is 5.35. The van der Waals surface area contributed by atoms with Gasteiger partial charge in [-0.15, -0.1) is 0 Å². The van der Waals surface area contributed by atoms with Gasteiger partial charge in [-0.05, 0) is 34.9 Å². The lowest BCUT2D eigenvalue weighted by Gasteiger charge is -2.14. The first-order valence-electron chi connectivity index (χ1n) is 4.72. The Balaban J connectivity index is 2.34. The van der Waals surface area contributed by atoms with Gasteiger partial charge in [0.25, 0.3) is 0 Å². The van der Waals surface area contributed by atoms with Crippen molar-refractivity contribution in [3.63, 3.8) is 0 Å². The molecule has 1 saturated carbocycles. The normalized spacial score (nSPS) is 30.2. The monoisotopic (exact) mass is 178 g/mol. The summed E-state index contributed by atoms with van der Waals surface area (Å²) in [5.41, 5.74) is 1.91. The van der Waals surface area contributed by atoms with Gasteiger partial charge in [0.15, 0.2) is 0 Å². The number of halogens is 1. The molecule has 13 heavy (non-hydrogen) atoms. The molecule has 1 aromatic carbocycles. The van der Waals surface area contributed by atoms with Gasteiger partial charge in [-0.1, -0.05) is 32.9 Å². The van der Waals surface area contributed by atoms with E-state index in [9.17, 15) is 4.39 Å². The molecule has 1 unspecified atom stereocenters. The summed E-state index contributed by atoms with van der Waals surface area (Å²) in [6, 6.07) is 6.91. The van der Waals surface area contributed by atoms with Crippen LogP contribution in [0.4, 0.5) is 4.39 Å². The first-order chi connectivity index (χ1) is 5.96. The zero-order chi connectivity index (χ0) is 9.69. The molecular formula is C12H15F. The molecule has 1 aromatic rings. The smallest absolute Gasteiger partial charge is 0.123 e. The Kier molecular flexibility index (Phi) is 1.57. The topological polar surface area (TPSA) is 0 Å². The van der Waals surface area contributed by atoms with Crippen LogP contribution in [0.5, 0.6) is 0 Å². The van der Waals surface area contributed by atoms with Crippen molar-refractivity contribution >= 4 is 0 Å². The van der Waals surface area contributed by atoms with Crippen molar-refractivity contribution in [2.24, 2.45) is 5.41 Å². The lowest BCUT2D eigenvalue weighted by atomic mass is 9.90. The summed E-state index contributed by atoms with van der Waals surface area (Å²) >= 11 is 0. The van der Waals surface area contributed by atoms with E-state index >= 15 is 0 Å². The van der Waals surface area contributed by atoms with Crippen LogP contribution in [0.2, 0.25) is 0 Å². The standard InChI is InChI=1S/C12H15F/c1-11(2)8-12(11,3)9-4-6-10(13)7-5-9/h4-7H,8H2,1-3H3. The van der Waals surface area contributed by atoms with E-state index in [0.717, 1.165) is 0 Å². The summed E-state index contributed by atoms with van der Waals surface area (Å²) in [6.07, 6.45) is 1.20. The second kappa shape index (κ2) is 2.34. The van der Waals surface area contributed by atoms with Gasteiger partial charge in [-0.2, -0.15) is 0 Å². The van der Waals surface area contributed by atoms with Crippen LogP contribution in [0.25, 0.3) is 0 Å². The molecule has 0 N–H and O–H groups in total. The lowest BCUT2D eigenvalue weighted by molar-refractivity contribution is 0.527. The molecule has 1 atom stereocenters. The summed E-state index contributed by atoms with van der Waals surface area (Å²) in [7, 11) is 0. The Morgan fingerprint density at radius 3 is 1.92 bits per heavy atom. The molecular weight excluding hydrogens is 163 g/mol. The maximum atomic E-state index is 12.7. The van der Waals surface area contributed by atoms with E-state index in [4.69, 9.17) is 0 Å². The highest BCUT2D eigenvalue weighted by atomic mass is 19.1. The van der Waals surface area contributed by atoms with Crippen molar-refractivity contribution in [3.8, 4) is 0 Å². The van der Waals surface area contributed by atoms with Crippen molar-refractivity contribution in [2.75, 3.05) is 0 Å². The minimum absolute atomic E-state index is 0.147. The van der Waals surface area contributed by atoms with Crippen molar-refractivity contribution in [1.29, 1.82) is 0 Å². The van der Waals surface area contributed by atoms with E-state index in [-0.39, 0.29) is 11.2 Å². The van der Waals surface area contributed by atoms with E-state index < -0.39 is 0 Å². The average Bonchev–Trinajstić information content (AvgIpc) is 2.53. The second-order valence-electron chi connectivity index (χ2n) is 4.90. The van der Waals surface area contributed by atoms with Crippen molar-refractivity contribution in [3.05, 3.63) is 35.6 Å². The maximum Gasteiger partial charge on any atom is 0.123 e. The van der Waals surface area contributed by atoms with Gasteiger partial charge in [-0.25, -0.2) is 4.39 Å². The summed E-state index contributed by atoms with van der Waals surface area (Å²) < 4.78 is 12.7. The fourth-order valence-corrected chi connectivity index (χ4v) is 2.15. The average molecular weight is 178 g/mol. The number of hydrogen-bond donors (Lipinski definition) is 0. The number of rotatable bonds is 1. The fourth-order valence-electron chi connectivity index (χ4n) is 2.15. The number of benzene rings is 1. The molecule has 1 fully saturated rings. The Labute approximate surface area is 78.8 Å². The van der Waals surface area contributed by atoms with Crippen LogP contribution in [0.1, 0.15) is 32.8 Å². The predicted octanol–water partition coefficient (Wildman–Crippen LogP) is 3.51. The van der Waals surface area contributed by atoms with Gasteiger partial charge in [0, 0.05) is 0 Å². The molecule has 2 rings (SSSR count). The molecule has 0 saturated heterocycles. The molecule has 0 amide bonds. The van der Waals surface area contributed by atoms with Crippen molar-refractivity contribution < 1.29 is 4.39 Å². The van der Waals surface area contributed by atoms with E-state index in [1.165, 1.54) is 12.0 Å². The van der Waals surface area contributed by atoms with E-state index in [2.05, 4.69) is 20.8 Å². The highest BCUT2D eigenvalue weighted by Gasteiger charge is 2.58. The van der Waals surface area contributed by atoms with Gasteiger partial charge in [0.05, 0.1) is 0 Å². The molecule has 0 nitrogen and oxygen atoms in total. The SMILES string of the molecule is CC1(C)CC1(C)c1ccc(F)cc1. The van der Waals surface area contributed by atoms with Gasteiger partial charge < -0.3 is 0 Å². The molecule has 0 aliphatic heterocycles. The zero-order valence-electron chi connectivity index (χ0n) is 8.39. The maximum absolute atomic E-state index is 12.7. The van der Waals surface area contributed by atoms with Crippen LogP contribution in [-0.2, 0) is 5.41 Å². The van der Waals surface area contributed by atoms with E-state index in [0.29, 0.717) is 5.41 Å². The number of hydrogen-bond acceptors (Lipinski definition) is 0. The minimum atomic E-state index is -0.147. The third-order valence-electron chi connectivity index (χ3n) is 3.65. The minimum Gasteiger partial charge on any atom is -0.207 e. The largest absolute Gasteiger partial charge is 0.207 e. The summed E-state index contributed by atoms with van der Waals surface area (Å²) in [4.78, 5) is 0. The quantitative estimate of drug-likeness (QED) is 0.617. The summed E-state index contributed by atoms with van der Waals surface area (Å²) in [5, 5.41) is 0. The third-order valence-corrected chi connectivity index (χ3v) is 3.65. The Morgan fingerprint density at radius 1 is 1.08 bits per heavy atom. The van der Waals surface area contributed by atoms with E-state index in [1.54, 1.807) is 12.1 Å². The van der Waals surface area contributed by atoms with Crippen molar-refractivity contribution in [1.82, 2.24) is 0 Å². The van der Waals surface area contributed by atoms with Crippen LogP contribution in [0, 0.1) is 11.2 Å². The molecule has 0 radical (unpaired) electrons.